The van der Waals surface area contributed by atoms with E-state index in [1.54, 1.807) is 6.20 Å². The molecule has 0 fully saturated rings. The maximum absolute atomic E-state index is 5.90. The zero-order valence-corrected chi connectivity index (χ0v) is 10.8. The lowest BCUT2D eigenvalue weighted by Crippen LogP contribution is -1.97. The topological polar surface area (TPSA) is 43.6 Å². The van der Waals surface area contributed by atoms with Gasteiger partial charge in [0.1, 0.15) is 5.03 Å². The molecule has 0 aliphatic carbocycles. The molecule has 0 aliphatic rings. The highest BCUT2D eigenvalue weighted by molar-refractivity contribution is 7.99. The van der Waals surface area contributed by atoms with E-state index in [4.69, 9.17) is 11.6 Å². The predicted molar refractivity (Wildman–Crippen MR) is 63.8 cm³/mol. The van der Waals surface area contributed by atoms with Crippen molar-refractivity contribution in [1.29, 1.82) is 0 Å². The maximum atomic E-state index is 5.90. The number of nitrogens with zero attached hydrogens (tertiary/aromatic N) is 4. The van der Waals surface area contributed by atoms with Crippen molar-refractivity contribution >= 4 is 23.4 Å². The Morgan fingerprint density at radius 1 is 1.25 bits per heavy atom. The van der Waals surface area contributed by atoms with E-state index in [2.05, 4.69) is 15.2 Å². The molecule has 0 N–H and O–H groups in total. The van der Waals surface area contributed by atoms with Crippen molar-refractivity contribution in [2.45, 2.75) is 24.0 Å². The monoisotopic (exact) mass is 254 g/mol. The Morgan fingerprint density at radius 2 is 2.00 bits per heavy atom. The molecule has 0 spiro atoms. The van der Waals surface area contributed by atoms with Gasteiger partial charge < -0.3 is 4.57 Å². The first-order chi connectivity index (χ1) is 7.59. The quantitative estimate of drug-likeness (QED) is 0.826. The van der Waals surface area contributed by atoms with E-state index >= 15 is 0 Å². The zero-order valence-electron chi connectivity index (χ0n) is 9.23. The second-order valence-electron chi connectivity index (χ2n) is 3.47. The number of hydrogen-bond acceptors (Lipinski definition) is 4. The molecule has 0 aromatic carbocycles. The lowest BCUT2D eigenvalue weighted by Gasteiger charge is -2.06. The fraction of sp³-hybridized carbons (Fsp3) is 0.300. The van der Waals surface area contributed by atoms with Crippen molar-refractivity contribution in [2.75, 3.05) is 0 Å². The summed E-state index contributed by atoms with van der Waals surface area (Å²) in [7, 11) is 1.95. The van der Waals surface area contributed by atoms with Crippen LogP contribution in [0.4, 0.5) is 0 Å². The number of imidazole rings is 1. The van der Waals surface area contributed by atoms with Crippen LogP contribution in [-0.2, 0) is 7.05 Å². The highest BCUT2D eigenvalue weighted by Crippen LogP contribution is 2.29. The Labute approximate surface area is 103 Å². The molecule has 0 amide bonds. The second kappa shape index (κ2) is 4.43. The number of rotatable bonds is 2. The summed E-state index contributed by atoms with van der Waals surface area (Å²) in [4.78, 5) is 4.23. The van der Waals surface area contributed by atoms with E-state index in [0.717, 1.165) is 21.3 Å². The van der Waals surface area contributed by atoms with E-state index in [9.17, 15) is 0 Å². The van der Waals surface area contributed by atoms with Crippen molar-refractivity contribution in [3.05, 3.63) is 28.7 Å². The molecule has 2 heterocycles. The average Bonchev–Trinajstić information content (AvgIpc) is 2.65. The first-order valence-electron chi connectivity index (χ1n) is 4.74. The van der Waals surface area contributed by atoms with Crippen LogP contribution in [0.2, 0.25) is 5.15 Å². The number of halogens is 1. The fourth-order valence-corrected chi connectivity index (χ4v) is 2.25. The number of aromatic nitrogens is 4. The Bertz CT molecular complexity index is 524. The van der Waals surface area contributed by atoms with Crippen LogP contribution in [0.1, 0.15) is 11.1 Å². The Kier molecular flexibility index (Phi) is 3.16. The molecule has 4 nitrogen and oxygen atoms in total. The summed E-state index contributed by atoms with van der Waals surface area (Å²) >= 11 is 7.39. The average molecular weight is 255 g/mol. The van der Waals surface area contributed by atoms with Crippen LogP contribution in [0.15, 0.2) is 22.6 Å². The molecule has 0 aliphatic heterocycles. The molecule has 0 atom stereocenters. The van der Waals surface area contributed by atoms with Gasteiger partial charge in [-0.2, -0.15) is 0 Å². The Morgan fingerprint density at radius 3 is 2.62 bits per heavy atom. The van der Waals surface area contributed by atoms with Crippen LogP contribution in [0.25, 0.3) is 0 Å². The van der Waals surface area contributed by atoms with Crippen LogP contribution in [0.5, 0.6) is 0 Å². The molecule has 6 heteroatoms. The predicted octanol–water partition coefficient (Wildman–Crippen LogP) is 2.63. The molecule has 0 saturated heterocycles. The molecule has 2 aromatic heterocycles. The van der Waals surface area contributed by atoms with E-state index in [-0.39, 0.29) is 0 Å². The SMILES string of the molecule is Cc1c(Cl)nnc(Sc2nccn2C)c1C. The van der Waals surface area contributed by atoms with E-state index in [1.807, 2.05) is 31.7 Å². The fourth-order valence-electron chi connectivity index (χ4n) is 1.19. The summed E-state index contributed by atoms with van der Waals surface area (Å²) < 4.78 is 1.94. The van der Waals surface area contributed by atoms with Gasteiger partial charge in [-0.15, -0.1) is 10.2 Å². The van der Waals surface area contributed by atoms with Gasteiger partial charge in [0.15, 0.2) is 10.3 Å². The van der Waals surface area contributed by atoms with Crippen molar-refractivity contribution in [1.82, 2.24) is 19.7 Å². The molecule has 0 bridgehead atoms. The van der Waals surface area contributed by atoms with Crippen LogP contribution in [0.3, 0.4) is 0 Å². The van der Waals surface area contributed by atoms with Gasteiger partial charge >= 0.3 is 0 Å². The zero-order chi connectivity index (χ0) is 11.7. The van der Waals surface area contributed by atoms with E-state index < -0.39 is 0 Å². The third-order valence-corrected chi connectivity index (χ3v) is 3.90. The largest absolute Gasteiger partial charge is 0.329 e. The molecule has 84 valence electrons. The van der Waals surface area contributed by atoms with Gasteiger partial charge in [-0.05, 0) is 36.7 Å². The van der Waals surface area contributed by atoms with Crippen molar-refractivity contribution in [3.8, 4) is 0 Å². The number of hydrogen-bond donors (Lipinski definition) is 0. The first kappa shape index (κ1) is 11.4. The molecule has 0 saturated carbocycles. The highest BCUT2D eigenvalue weighted by atomic mass is 35.5. The van der Waals surface area contributed by atoms with Crippen LogP contribution in [0, 0.1) is 13.8 Å². The van der Waals surface area contributed by atoms with Crippen molar-refractivity contribution < 1.29 is 0 Å². The first-order valence-corrected chi connectivity index (χ1v) is 5.93. The van der Waals surface area contributed by atoms with Crippen LogP contribution < -0.4 is 0 Å². The van der Waals surface area contributed by atoms with Gasteiger partial charge in [-0.3, -0.25) is 0 Å². The summed E-state index contributed by atoms with van der Waals surface area (Å²) in [5.41, 5.74) is 2.02. The van der Waals surface area contributed by atoms with Gasteiger partial charge in [0, 0.05) is 19.4 Å². The van der Waals surface area contributed by atoms with Gasteiger partial charge in [0.25, 0.3) is 0 Å². The minimum atomic E-state index is 0.460. The molecular formula is C10H11ClN4S. The Hall–Kier alpha value is -1.07. The Balaban J connectivity index is 2.36. The molecule has 0 unspecified atom stereocenters. The lowest BCUT2D eigenvalue weighted by atomic mass is 10.2. The molecule has 2 aromatic rings. The van der Waals surface area contributed by atoms with Gasteiger partial charge in [-0.25, -0.2) is 4.98 Å². The molecule has 0 radical (unpaired) electrons. The summed E-state index contributed by atoms with van der Waals surface area (Å²) in [5.74, 6) is 0. The van der Waals surface area contributed by atoms with Crippen molar-refractivity contribution in [3.63, 3.8) is 0 Å². The van der Waals surface area contributed by atoms with Crippen molar-refractivity contribution in [2.24, 2.45) is 7.05 Å². The van der Waals surface area contributed by atoms with E-state index in [1.165, 1.54) is 11.8 Å². The third kappa shape index (κ3) is 2.05. The van der Waals surface area contributed by atoms with Crippen LogP contribution in [-0.4, -0.2) is 19.7 Å². The minimum Gasteiger partial charge on any atom is -0.329 e. The van der Waals surface area contributed by atoms with Gasteiger partial charge in [0.05, 0.1) is 0 Å². The summed E-state index contributed by atoms with van der Waals surface area (Å²) in [5, 5.41) is 10.2. The summed E-state index contributed by atoms with van der Waals surface area (Å²) in [6, 6.07) is 0. The molecule has 16 heavy (non-hydrogen) atoms. The normalized spacial score (nSPS) is 10.8. The van der Waals surface area contributed by atoms with Crippen LogP contribution >= 0.6 is 23.4 Å². The van der Waals surface area contributed by atoms with Gasteiger partial charge in [0.2, 0.25) is 0 Å². The highest BCUT2D eigenvalue weighted by Gasteiger charge is 2.11. The minimum absolute atomic E-state index is 0.460. The second-order valence-corrected chi connectivity index (χ2v) is 4.78. The standard InChI is InChI=1S/C10H11ClN4S/c1-6-7(2)9(14-13-8(6)11)16-10-12-4-5-15(10)3/h4-5H,1-3H3. The molecular weight excluding hydrogens is 244 g/mol. The van der Waals surface area contributed by atoms with E-state index in [0.29, 0.717) is 5.15 Å². The summed E-state index contributed by atoms with van der Waals surface area (Å²) in [6.07, 6.45) is 3.65. The maximum Gasteiger partial charge on any atom is 0.174 e. The van der Waals surface area contributed by atoms with Gasteiger partial charge in [-0.1, -0.05) is 11.6 Å². The summed E-state index contributed by atoms with van der Waals surface area (Å²) in [6.45, 7) is 3.93. The molecule has 2 rings (SSSR count). The number of aryl methyl sites for hydroxylation is 1. The smallest absolute Gasteiger partial charge is 0.174 e. The lowest BCUT2D eigenvalue weighted by molar-refractivity contribution is 0.784. The third-order valence-electron chi connectivity index (χ3n) is 2.39.